The Kier molecular flexibility index (Phi) is 4.98. The van der Waals surface area contributed by atoms with Gasteiger partial charge in [-0.15, -0.1) is 0 Å². The normalized spacial score (nSPS) is 20.7. The molecule has 8 heteroatoms. The fourth-order valence-electron chi connectivity index (χ4n) is 2.33. The van der Waals surface area contributed by atoms with E-state index in [4.69, 9.17) is 0 Å². The molecule has 0 aliphatic carbocycles. The zero-order valence-electron chi connectivity index (χ0n) is 13.4. The van der Waals surface area contributed by atoms with E-state index in [-0.39, 0.29) is 10.7 Å². The van der Waals surface area contributed by atoms with E-state index in [1.54, 1.807) is 20.8 Å². The minimum absolute atomic E-state index is 0.00110. The topological polar surface area (TPSA) is 52.9 Å². The number of aliphatic imine (C=N–C) groups is 1. The van der Waals surface area contributed by atoms with Gasteiger partial charge < -0.3 is 5.11 Å². The van der Waals surface area contributed by atoms with Crippen molar-refractivity contribution in [2.75, 3.05) is 6.67 Å². The zero-order chi connectivity index (χ0) is 18.1. The van der Waals surface area contributed by atoms with Crippen LogP contribution in [0.2, 0.25) is 0 Å². The summed E-state index contributed by atoms with van der Waals surface area (Å²) in [5, 5.41) is 10.9. The first-order valence-electron chi connectivity index (χ1n) is 7.10. The second-order valence-corrected chi connectivity index (χ2v) is 7.14. The van der Waals surface area contributed by atoms with Crippen molar-refractivity contribution in [3.63, 3.8) is 0 Å². The number of rotatable bonds is 2. The average Bonchev–Trinajstić information content (AvgIpc) is 2.48. The highest BCUT2D eigenvalue weighted by Gasteiger charge is 2.39. The van der Waals surface area contributed by atoms with Crippen LogP contribution in [0.1, 0.15) is 26.3 Å². The van der Waals surface area contributed by atoms with Crippen molar-refractivity contribution in [1.29, 1.82) is 0 Å². The van der Waals surface area contributed by atoms with Gasteiger partial charge >= 0.3 is 6.09 Å². The van der Waals surface area contributed by atoms with Crippen LogP contribution in [0.3, 0.4) is 0 Å². The summed E-state index contributed by atoms with van der Waals surface area (Å²) in [4.78, 5) is 16.7. The highest BCUT2D eigenvalue weighted by molar-refractivity contribution is 8.16. The van der Waals surface area contributed by atoms with Gasteiger partial charge in [0, 0.05) is 11.1 Å². The Morgan fingerprint density at radius 1 is 1.38 bits per heavy atom. The first kappa shape index (κ1) is 18.4. The molecule has 0 saturated heterocycles. The smallest absolute Gasteiger partial charge is 0.413 e. The lowest BCUT2D eigenvalue weighted by molar-refractivity contribution is 0.141. The molecule has 1 amide bonds. The maximum Gasteiger partial charge on any atom is 0.413 e. The van der Waals surface area contributed by atoms with Gasteiger partial charge in [-0.05, 0) is 38.3 Å². The molecule has 0 bridgehead atoms. The van der Waals surface area contributed by atoms with E-state index >= 15 is 0 Å². The number of nitrogens with zero attached hydrogens (tertiary/aromatic N) is 2. The Morgan fingerprint density at radius 3 is 2.58 bits per heavy atom. The third kappa shape index (κ3) is 3.28. The monoisotopic (exact) mass is 358 g/mol. The standard InChI is InChI=1S/C16H17F3N2O2S/c1-15(2,3)21(14(22)23)13-20-16(9-17,7-8-24-13)10-5-4-6-11(18)12(10)19/h4-8H,9H2,1-3H3,(H,22,23). The SMILES string of the molecule is CC(C)(C)N(C(=O)O)C1=NC(CF)(c2cccc(F)c2F)C=CS1. The van der Waals surface area contributed by atoms with Gasteiger partial charge in [-0.3, -0.25) is 4.90 Å². The highest BCUT2D eigenvalue weighted by atomic mass is 32.2. The van der Waals surface area contributed by atoms with Gasteiger partial charge in [-0.2, -0.15) is 0 Å². The molecule has 1 heterocycles. The van der Waals surface area contributed by atoms with Gasteiger partial charge in [0.05, 0.1) is 0 Å². The molecule has 0 spiro atoms. The predicted molar refractivity (Wildman–Crippen MR) is 87.8 cm³/mol. The van der Waals surface area contributed by atoms with Crippen molar-refractivity contribution >= 4 is 23.0 Å². The van der Waals surface area contributed by atoms with E-state index in [9.17, 15) is 23.1 Å². The minimum Gasteiger partial charge on any atom is -0.465 e. The van der Waals surface area contributed by atoms with Crippen LogP contribution in [-0.2, 0) is 5.54 Å². The van der Waals surface area contributed by atoms with Crippen molar-refractivity contribution < 1.29 is 23.1 Å². The van der Waals surface area contributed by atoms with Crippen LogP contribution in [0.4, 0.5) is 18.0 Å². The Hall–Kier alpha value is -1.96. The number of hydrogen-bond acceptors (Lipinski definition) is 3. The van der Waals surface area contributed by atoms with Crippen LogP contribution in [0, 0.1) is 11.6 Å². The minimum atomic E-state index is -1.80. The Balaban J connectivity index is 2.61. The van der Waals surface area contributed by atoms with E-state index in [1.165, 1.54) is 23.6 Å². The Morgan fingerprint density at radius 2 is 2.04 bits per heavy atom. The Bertz CT molecular complexity index is 716. The predicted octanol–water partition coefficient (Wildman–Crippen LogP) is 4.52. The third-order valence-electron chi connectivity index (χ3n) is 3.49. The molecule has 0 aromatic heterocycles. The molecular formula is C16H17F3N2O2S. The summed E-state index contributed by atoms with van der Waals surface area (Å²) in [7, 11) is 0. The summed E-state index contributed by atoms with van der Waals surface area (Å²) in [6, 6.07) is 3.42. The summed E-state index contributed by atoms with van der Waals surface area (Å²) in [6.45, 7) is 3.83. The highest BCUT2D eigenvalue weighted by Crippen LogP contribution is 2.38. The number of carbonyl (C=O) groups is 1. The largest absolute Gasteiger partial charge is 0.465 e. The number of amides is 1. The zero-order valence-corrected chi connectivity index (χ0v) is 14.2. The molecule has 130 valence electrons. The number of hydrogen-bond donors (Lipinski definition) is 1. The van der Waals surface area contributed by atoms with E-state index in [2.05, 4.69) is 4.99 Å². The molecule has 0 saturated carbocycles. The molecule has 0 fully saturated rings. The number of halogens is 3. The lowest BCUT2D eigenvalue weighted by Crippen LogP contribution is -2.49. The molecule has 1 unspecified atom stereocenters. The maximum atomic E-state index is 14.2. The van der Waals surface area contributed by atoms with E-state index in [0.717, 1.165) is 22.7 Å². The van der Waals surface area contributed by atoms with E-state index < -0.39 is 35.5 Å². The summed E-state index contributed by atoms with van der Waals surface area (Å²) in [5.41, 5.74) is -2.92. The van der Waals surface area contributed by atoms with Gasteiger partial charge in [-0.25, -0.2) is 23.0 Å². The van der Waals surface area contributed by atoms with Crippen molar-refractivity contribution in [3.8, 4) is 0 Å². The van der Waals surface area contributed by atoms with Crippen LogP contribution in [0.15, 0.2) is 34.7 Å². The van der Waals surface area contributed by atoms with Crippen LogP contribution in [0.5, 0.6) is 0 Å². The number of benzene rings is 1. The fourth-order valence-corrected chi connectivity index (χ4v) is 3.42. The molecule has 24 heavy (non-hydrogen) atoms. The summed E-state index contributed by atoms with van der Waals surface area (Å²) >= 11 is 0.981. The van der Waals surface area contributed by atoms with Crippen LogP contribution < -0.4 is 0 Å². The summed E-state index contributed by atoms with van der Waals surface area (Å²) < 4.78 is 41.5. The summed E-state index contributed by atoms with van der Waals surface area (Å²) in [5.74, 6) is -2.32. The maximum absolute atomic E-state index is 14.2. The van der Waals surface area contributed by atoms with Gasteiger partial charge in [0.2, 0.25) is 0 Å². The molecule has 1 aliphatic heterocycles. The average molecular weight is 358 g/mol. The third-order valence-corrected chi connectivity index (χ3v) is 4.24. The molecule has 1 N–H and O–H groups in total. The number of thioether (sulfide) groups is 1. The summed E-state index contributed by atoms with van der Waals surface area (Å²) in [6.07, 6.45) is 0.0401. The van der Waals surface area contributed by atoms with Crippen LogP contribution in [0.25, 0.3) is 0 Å². The van der Waals surface area contributed by atoms with Gasteiger partial charge in [0.25, 0.3) is 0 Å². The van der Waals surface area contributed by atoms with Gasteiger partial charge in [-0.1, -0.05) is 23.9 Å². The molecule has 1 aromatic carbocycles. The quantitative estimate of drug-likeness (QED) is 0.845. The Labute approximate surface area is 142 Å². The molecule has 0 radical (unpaired) electrons. The first-order valence-corrected chi connectivity index (χ1v) is 7.98. The molecule has 1 aromatic rings. The lowest BCUT2D eigenvalue weighted by atomic mass is 9.91. The second kappa shape index (κ2) is 6.51. The van der Waals surface area contributed by atoms with E-state index in [1.807, 2.05) is 0 Å². The van der Waals surface area contributed by atoms with Crippen molar-refractivity contribution in [2.45, 2.75) is 31.8 Å². The number of carboxylic acid groups (broad SMARTS) is 1. The van der Waals surface area contributed by atoms with Gasteiger partial charge in [0.1, 0.15) is 12.2 Å². The van der Waals surface area contributed by atoms with Crippen molar-refractivity contribution in [1.82, 2.24) is 4.90 Å². The fraction of sp³-hybridized carbons (Fsp3) is 0.375. The van der Waals surface area contributed by atoms with Crippen LogP contribution in [-0.4, -0.2) is 33.5 Å². The molecule has 1 aliphatic rings. The van der Waals surface area contributed by atoms with Crippen molar-refractivity contribution in [3.05, 3.63) is 46.9 Å². The molecule has 4 nitrogen and oxygen atoms in total. The molecule has 2 rings (SSSR count). The van der Waals surface area contributed by atoms with Crippen LogP contribution >= 0.6 is 11.8 Å². The first-order chi connectivity index (χ1) is 11.1. The molecule has 1 atom stereocenters. The van der Waals surface area contributed by atoms with Gasteiger partial charge in [0.15, 0.2) is 16.8 Å². The number of amidine groups is 1. The van der Waals surface area contributed by atoms with E-state index in [0.29, 0.717) is 0 Å². The number of alkyl halides is 1. The lowest BCUT2D eigenvalue weighted by Gasteiger charge is -2.36. The van der Waals surface area contributed by atoms with Crippen molar-refractivity contribution in [2.24, 2.45) is 4.99 Å². The second-order valence-electron chi connectivity index (χ2n) is 6.26. The molecular weight excluding hydrogens is 341 g/mol.